The monoisotopic (exact) mass is 513 g/mol. The van der Waals surface area contributed by atoms with E-state index in [4.69, 9.17) is 0 Å². The van der Waals surface area contributed by atoms with Gasteiger partial charge in [0, 0.05) is 56.3 Å². The number of carbonyl (C=O) groups excluding carboxylic acids is 1. The molecule has 2 aromatic rings. The summed E-state index contributed by atoms with van der Waals surface area (Å²) >= 11 is 0. The van der Waals surface area contributed by atoms with Crippen LogP contribution in [0.2, 0.25) is 0 Å². The average Bonchev–Trinajstić information content (AvgIpc) is 3.28. The Morgan fingerprint density at radius 1 is 1.03 bits per heavy atom. The van der Waals surface area contributed by atoms with Gasteiger partial charge in [-0.05, 0) is 51.3 Å². The molecule has 2 saturated heterocycles. The second-order valence-corrected chi connectivity index (χ2v) is 11.4. The van der Waals surface area contributed by atoms with Crippen LogP contribution in [-0.4, -0.2) is 82.0 Å². The van der Waals surface area contributed by atoms with E-state index in [9.17, 15) is 23.5 Å². The molecule has 0 aliphatic carbocycles. The molecule has 2 aliphatic rings. The number of halogens is 2. The van der Waals surface area contributed by atoms with E-state index >= 15 is 0 Å². The van der Waals surface area contributed by atoms with Crippen LogP contribution in [0.3, 0.4) is 0 Å². The van der Waals surface area contributed by atoms with Crippen LogP contribution in [0.1, 0.15) is 44.7 Å². The van der Waals surface area contributed by atoms with Crippen LogP contribution < -0.4 is 0 Å². The van der Waals surface area contributed by atoms with Crippen LogP contribution in [0.4, 0.5) is 8.78 Å². The number of hydrogen-bond donors (Lipinski definition) is 1. The third kappa shape index (κ3) is 6.02. The number of hydrogen-bond acceptors (Lipinski definition) is 4. The molecule has 0 spiro atoms. The Kier molecular flexibility index (Phi) is 7.99. The Balaban J connectivity index is 1.52. The van der Waals surface area contributed by atoms with Crippen LogP contribution >= 0.6 is 0 Å². The Morgan fingerprint density at radius 3 is 2.32 bits per heavy atom. The molecule has 2 fully saturated rings. The van der Waals surface area contributed by atoms with Gasteiger partial charge in [-0.15, -0.1) is 0 Å². The highest BCUT2D eigenvalue weighted by Gasteiger charge is 2.46. The fourth-order valence-corrected chi connectivity index (χ4v) is 5.74. The summed E-state index contributed by atoms with van der Waals surface area (Å²) in [5, 5.41) is 9.94. The number of carboxylic acid groups (broad SMARTS) is 1. The molecule has 8 heteroatoms. The van der Waals surface area contributed by atoms with Gasteiger partial charge in [0.1, 0.15) is 17.7 Å². The first-order valence-electron chi connectivity index (χ1n) is 13.0. The quantitative estimate of drug-likeness (QED) is 0.633. The second-order valence-electron chi connectivity index (χ2n) is 11.4. The van der Waals surface area contributed by atoms with Crippen LogP contribution in [0.25, 0.3) is 0 Å². The summed E-state index contributed by atoms with van der Waals surface area (Å²) in [4.78, 5) is 32.0. The molecule has 200 valence electrons. The van der Waals surface area contributed by atoms with Gasteiger partial charge in [-0.1, -0.05) is 36.4 Å². The van der Waals surface area contributed by atoms with Crippen molar-refractivity contribution in [3.05, 3.63) is 71.3 Å². The number of benzene rings is 2. The van der Waals surface area contributed by atoms with Crippen molar-refractivity contribution in [1.82, 2.24) is 14.7 Å². The van der Waals surface area contributed by atoms with E-state index in [-0.39, 0.29) is 23.4 Å². The van der Waals surface area contributed by atoms with Gasteiger partial charge in [0.05, 0.1) is 5.92 Å². The average molecular weight is 514 g/mol. The van der Waals surface area contributed by atoms with Crippen molar-refractivity contribution in [3.63, 3.8) is 0 Å². The Hall–Kier alpha value is -2.84. The highest BCUT2D eigenvalue weighted by Crippen LogP contribution is 2.39. The largest absolute Gasteiger partial charge is 0.480 e. The van der Waals surface area contributed by atoms with Crippen molar-refractivity contribution in [1.29, 1.82) is 0 Å². The van der Waals surface area contributed by atoms with Crippen LogP contribution in [0.5, 0.6) is 0 Å². The molecule has 1 N–H and O–H groups in total. The van der Waals surface area contributed by atoms with Gasteiger partial charge in [0.15, 0.2) is 0 Å². The first-order chi connectivity index (χ1) is 17.5. The molecular weight excluding hydrogens is 476 g/mol. The van der Waals surface area contributed by atoms with Gasteiger partial charge < -0.3 is 10.0 Å². The highest BCUT2D eigenvalue weighted by atomic mass is 19.1. The number of rotatable bonds is 6. The van der Waals surface area contributed by atoms with Crippen molar-refractivity contribution in [3.8, 4) is 0 Å². The molecule has 2 aromatic carbocycles. The van der Waals surface area contributed by atoms with E-state index < -0.39 is 29.6 Å². The second kappa shape index (κ2) is 10.9. The summed E-state index contributed by atoms with van der Waals surface area (Å²) in [6, 6.07) is 12.3. The van der Waals surface area contributed by atoms with Gasteiger partial charge in [-0.3, -0.25) is 19.4 Å². The van der Waals surface area contributed by atoms with E-state index in [0.29, 0.717) is 44.7 Å². The highest BCUT2D eigenvalue weighted by molar-refractivity contribution is 5.81. The normalized spacial score (nSPS) is 24.3. The molecule has 2 heterocycles. The van der Waals surface area contributed by atoms with Crippen molar-refractivity contribution in [2.75, 3.05) is 32.7 Å². The maximum Gasteiger partial charge on any atom is 0.321 e. The fourth-order valence-electron chi connectivity index (χ4n) is 5.74. The number of carboxylic acids is 1. The van der Waals surface area contributed by atoms with Gasteiger partial charge in [-0.2, -0.15) is 0 Å². The van der Waals surface area contributed by atoms with Gasteiger partial charge in [0.2, 0.25) is 5.91 Å². The maximum atomic E-state index is 14.8. The zero-order valence-corrected chi connectivity index (χ0v) is 22.0. The molecule has 0 aromatic heterocycles. The topological polar surface area (TPSA) is 64.1 Å². The summed E-state index contributed by atoms with van der Waals surface area (Å²) in [5.41, 5.74) is 1.12. The van der Waals surface area contributed by atoms with Gasteiger partial charge in [-0.25, -0.2) is 8.78 Å². The van der Waals surface area contributed by atoms with E-state index in [1.54, 1.807) is 0 Å². The lowest BCUT2D eigenvalue weighted by atomic mass is 9.87. The third-order valence-corrected chi connectivity index (χ3v) is 7.89. The number of piperazine rings is 1. The fraction of sp³-hybridized carbons (Fsp3) is 0.517. The zero-order chi connectivity index (χ0) is 26.9. The smallest absolute Gasteiger partial charge is 0.321 e. The molecule has 37 heavy (non-hydrogen) atoms. The minimum absolute atomic E-state index is 0.0532. The minimum atomic E-state index is -0.876. The summed E-state index contributed by atoms with van der Waals surface area (Å²) < 4.78 is 28.5. The summed E-state index contributed by atoms with van der Waals surface area (Å²) in [5.74, 6) is -3.04. The predicted octanol–water partition coefficient (Wildman–Crippen LogP) is 4.01. The molecule has 4 rings (SSSR count). The Morgan fingerprint density at radius 2 is 1.73 bits per heavy atom. The summed E-state index contributed by atoms with van der Waals surface area (Å²) in [7, 11) is 0. The standard InChI is InChI=1S/C29H37F2N3O3/c1-19-16-32(26(28(36)37)14-20-8-6-5-7-9-20)12-13-34(19)27(35)24-18-33(29(2,3)4)17-23(24)22-11-10-21(30)15-25(22)31/h5-11,15,19,23-24,26H,12-14,16-18H2,1-4H3,(H,36,37)/t19-,23-,24+,26-/m0/s1. The lowest BCUT2D eigenvalue weighted by Crippen LogP contribution is -2.59. The number of nitrogens with zero attached hydrogens (tertiary/aromatic N) is 3. The zero-order valence-electron chi connectivity index (χ0n) is 22.0. The maximum absolute atomic E-state index is 14.8. The van der Waals surface area contributed by atoms with Crippen LogP contribution in [0, 0.1) is 17.6 Å². The van der Waals surface area contributed by atoms with E-state index in [2.05, 4.69) is 25.7 Å². The molecular formula is C29H37F2N3O3. The molecule has 0 radical (unpaired) electrons. The third-order valence-electron chi connectivity index (χ3n) is 7.89. The first kappa shape index (κ1) is 27.2. The van der Waals surface area contributed by atoms with E-state index in [1.807, 2.05) is 47.1 Å². The number of amides is 1. The summed E-state index contributed by atoms with van der Waals surface area (Å²) in [6.45, 7) is 10.4. The van der Waals surface area contributed by atoms with Gasteiger partial charge >= 0.3 is 5.97 Å². The molecule has 4 atom stereocenters. The predicted molar refractivity (Wildman–Crippen MR) is 138 cm³/mol. The number of likely N-dealkylation sites (tertiary alicyclic amines) is 1. The molecule has 0 bridgehead atoms. The summed E-state index contributed by atoms with van der Waals surface area (Å²) in [6.07, 6.45) is 0.395. The minimum Gasteiger partial charge on any atom is -0.480 e. The number of carbonyl (C=O) groups is 2. The van der Waals surface area contributed by atoms with Crippen molar-refractivity contribution >= 4 is 11.9 Å². The Labute approximate surface area is 217 Å². The molecule has 0 saturated carbocycles. The van der Waals surface area contributed by atoms with Crippen molar-refractivity contribution < 1.29 is 23.5 Å². The Bertz CT molecular complexity index is 1120. The molecule has 2 aliphatic heterocycles. The lowest BCUT2D eigenvalue weighted by molar-refractivity contribution is -0.147. The molecule has 6 nitrogen and oxygen atoms in total. The van der Waals surface area contributed by atoms with E-state index in [1.165, 1.54) is 12.1 Å². The van der Waals surface area contributed by atoms with Crippen molar-refractivity contribution in [2.24, 2.45) is 5.92 Å². The van der Waals surface area contributed by atoms with Crippen LogP contribution in [-0.2, 0) is 16.0 Å². The number of aliphatic carboxylic acids is 1. The molecule has 0 unspecified atom stereocenters. The SMILES string of the molecule is C[C@H]1CN([C@@H](Cc2ccccc2)C(=O)O)CCN1C(=O)[C@@H]1CN(C(C)(C)C)C[C@H]1c1ccc(F)cc1F. The molecule has 1 amide bonds. The van der Waals surface area contributed by atoms with Crippen molar-refractivity contribution in [2.45, 2.75) is 57.7 Å². The van der Waals surface area contributed by atoms with Crippen LogP contribution in [0.15, 0.2) is 48.5 Å². The van der Waals surface area contributed by atoms with Gasteiger partial charge in [0.25, 0.3) is 0 Å². The van der Waals surface area contributed by atoms with E-state index in [0.717, 1.165) is 11.6 Å². The first-order valence-corrected chi connectivity index (χ1v) is 13.0. The lowest BCUT2D eigenvalue weighted by Gasteiger charge is -2.43.